The Morgan fingerprint density at radius 2 is 2.19 bits per heavy atom. The van der Waals surface area contributed by atoms with Crippen LogP contribution in [0.1, 0.15) is 43.4 Å². The summed E-state index contributed by atoms with van der Waals surface area (Å²) in [5.41, 5.74) is 0. The average molecular weight is 223 g/mol. The van der Waals surface area contributed by atoms with Crippen LogP contribution in [0.4, 0.5) is 0 Å². The van der Waals surface area contributed by atoms with Gasteiger partial charge >= 0.3 is 0 Å². The van der Waals surface area contributed by atoms with Crippen molar-refractivity contribution in [2.24, 2.45) is 0 Å². The lowest BCUT2D eigenvalue weighted by molar-refractivity contribution is 0.0622. The van der Waals surface area contributed by atoms with E-state index >= 15 is 0 Å². The van der Waals surface area contributed by atoms with Crippen molar-refractivity contribution >= 4 is 0 Å². The van der Waals surface area contributed by atoms with Gasteiger partial charge in [0.1, 0.15) is 0 Å². The molecule has 1 aromatic rings. The number of hydrogen-bond donors (Lipinski definition) is 1. The van der Waals surface area contributed by atoms with Gasteiger partial charge in [-0.3, -0.25) is 4.90 Å². The molecule has 5 heteroatoms. The highest BCUT2D eigenvalue weighted by atomic mass is 16.4. The molecule has 1 aliphatic carbocycles. The van der Waals surface area contributed by atoms with E-state index in [1.54, 1.807) is 0 Å². The minimum atomic E-state index is -0.195. The highest BCUT2D eigenvalue weighted by molar-refractivity contribution is 5.00. The number of aliphatic hydroxyl groups is 1. The minimum Gasteiger partial charge on any atom is -0.424 e. The first kappa shape index (κ1) is 10.2. The molecule has 0 bridgehead atoms. The molecule has 0 radical (unpaired) electrons. The zero-order valence-corrected chi connectivity index (χ0v) is 9.30. The summed E-state index contributed by atoms with van der Waals surface area (Å²) in [6.07, 6.45) is 4.13. The van der Waals surface area contributed by atoms with Crippen LogP contribution in [0.5, 0.6) is 0 Å². The number of likely N-dealkylation sites (tertiary alicyclic amines) is 1. The van der Waals surface area contributed by atoms with Gasteiger partial charge in [-0.25, -0.2) is 0 Å². The first-order valence-corrected chi connectivity index (χ1v) is 6.04. The summed E-state index contributed by atoms with van der Waals surface area (Å²) in [7, 11) is 0. The largest absolute Gasteiger partial charge is 0.424 e. The van der Waals surface area contributed by atoms with Gasteiger partial charge in [-0.15, -0.1) is 10.2 Å². The number of aliphatic hydroxyl groups excluding tert-OH is 1. The average Bonchev–Trinajstić information content (AvgIpc) is 3.01. The second-order valence-corrected chi connectivity index (χ2v) is 4.84. The van der Waals surface area contributed by atoms with E-state index in [0.717, 1.165) is 31.8 Å². The molecule has 2 heterocycles. The Morgan fingerprint density at radius 3 is 2.94 bits per heavy atom. The SMILES string of the molecule is OC1CCCN(Cc2nnc(C3CC3)o2)C1. The van der Waals surface area contributed by atoms with Gasteiger partial charge in [0.2, 0.25) is 11.8 Å². The second-order valence-electron chi connectivity index (χ2n) is 4.84. The first-order valence-electron chi connectivity index (χ1n) is 6.04. The quantitative estimate of drug-likeness (QED) is 0.825. The van der Waals surface area contributed by atoms with Gasteiger partial charge in [-0.2, -0.15) is 0 Å². The standard InChI is InChI=1S/C11H17N3O2/c15-9-2-1-5-14(6-9)7-10-12-13-11(16-10)8-3-4-8/h8-9,15H,1-7H2. The van der Waals surface area contributed by atoms with Crippen LogP contribution in [0.25, 0.3) is 0 Å². The summed E-state index contributed by atoms with van der Waals surface area (Å²) in [6, 6.07) is 0. The molecule has 2 fully saturated rings. The fourth-order valence-corrected chi connectivity index (χ4v) is 2.19. The van der Waals surface area contributed by atoms with Crippen LogP contribution in [-0.2, 0) is 6.54 Å². The summed E-state index contributed by atoms with van der Waals surface area (Å²) in [6.45, 7) is 2.41. The molecule has 1 aliphatic heterocycles. The lowest BCUT2D eigenvalue weighted by Crippen LogP contribution is -2.37. The predicted octanol–water partition coefficient (Wildman–Crippen LogP) is 0.904. The van der Waals surface area contributed by atoms with Crippen LogP contribution < -0.4 is 0 Å². The fourth-order valence-electron chi connectivity index (χ4n) is 2.19. The smallest absolute Gasteiger partial charge is 0.230 e. The summed E-state index contributed by atoms with van der Waals surface area (Å²) < 4.78 is 5.60. The van der Waals surface area contributed by atoms with E-state index in [0.29, 0.717) is 18.4 Å². The van der Waals surface area contributed by atoms with E-state index in [2.05, 4.69) is 15.1 Å². The molecule has 1 saturated carbocycles. The Kier molecular flexibility index (Phi) is 2.65. The van der Waals surface area contributed by atoms with Gasteiger partial charge in [-0.1, -0.05) is 0 Å². The zero-order chi connectivity index (χ0) is 11.0. The Bertz CT molecular complexity index is 362. The molecular formula is C11H17N3O2. The Hall–Kier alpha value is -0.940. The number of piperidine rings is 1. The minimum absolute atomic E-state index is 0.195. The first-order chi connectivity index (χ1) is 7.81. The molecule has 88 valence electrons. The molecular weight excluding hydrogens is 206 g/mol. The molecule has 1 aromatic heterocycles. The van der Waals surface area contributed by atoms with Crippen LogP contribution in [0.3, 0.4) is 0 Å². The maximum Gasteiger partial charge on any atom is 0.230 e. The van der Waals surface area contributed by atoms with Gasteiger partial charge in [0.15, 0.2) is 0 Å². The molecule has 3 rings (SSSR count). The van der Waals surface area contributed by atoms with E-state index in [1.807, 2.05) is 0 Å². The highest BCUT2D eigenvalue weighted by Crippen LogP contribution is 2.39. The lowest BCUT2D eigenvalue weighted by Gasteiger charge is -2.28. The number of β-amino-alcohol motifs (C(OH)–C–C–N with tert-alkyl or cyclic N) is 1. The van der Waals surface area contributed by atoms with Crippen molar-refractivity contribution in [3.05, 3.63) is 11.8 Å². The van der Waals surface area contributed by atoms with Crippen LogP contribution >= 0.6 is 0 Å². The van der Waals surface area contributed by atoms with Crippen molar-refractivity contribution in [2.75, 3.05) is 13.1 Å². The maximum atomic E-state index is 9.55. The predicted molar refractivity (Wildman–Crippen MR) is 56.8 cm³/mol. The number of hydrogen-bond acceptors (Lipinski definition) is 5. The molecule has 0 amide bonds. The van der Waals surface area contributed by atoms with Crippen molar-refractivity contribution in [1.82, 2.24) is 15.1 Å². The normalized spacial score (nSPS) is 27.2. The molecule has 0 aromatic carbocycles. The summed E-state index contributed by atoms with van der Waals surface area (Å²) in [5, 5.41) is 17.7. The Labute approximate surface area is 94.5 Å². The monoisotopic (exact) mass is 223 g/mol. The third-order valence-corrected chi connectivity index (χ3v) is 3.25. The van der Waals surface area contributed by atoms with Gasteiger partial charge < -0.3 is 9.52 Å². The molecule has 0 spiro atoms. The maximum absolute atomic E-state index is 9.55. The van der Waals surface area contributed by atoms with Crippen LogP contribution in [0, 0.1) is 0 Å². The lowest BCUT2D eigenvalue weighted by atomic mass is 10.1. The molecule has 1 atom stereocenters. The van der Waals surface area contributed by atoms with Crippen molar-refractivity contribution in [1.29, 1.82) is 0 Å². The molecule has 1 saturated heterocycles. The fraction of sp³-hybridized carbons (Fsp3) is 0.818. The molecule has 1 unspecified atom stereocenters. The van der Waals surface area contributed by atoms with Gasteiger partial charge in [0, 0.05) is 12.5 Å². The number of aromatic nitrogens is 2. The Balaban J connectivity index is 1.59. The van der Waals surface area contributed by atoms with Crippen molar-refractivity contribution in [3.8, 4) is 0 Å². The molecule has 1 N–H and O–H groups in total. The van der Waals surface area contributed by atoms with Gasteiger partial charge in [-0.05, 0) is 32.2 Å². The van der Waals surface area contributed by atoms with Crippen LogP contribution in [0.2, 0.25) is 0 Å². The zero-order valence-electron chi connectivity index (χ0n) is 9.30. The molecule has 16 heavy (non-hydrogen) atoms. The third-order valence-electron chi connectivity index (χ3n) is 3.25. The van der Waals surface area contributed by atoms with Gasteiger partial charge in [0.25, 0.3) is 0 Å². The van der Waals surface area contributed by atoms with E-state index in [1.165, 1.54) is 12.8 Å². The van der Waals surface area contributed by atoms with E-state index in [9.17, 15) is 5.11 Å². The summed E-state index contributed by atoms with van der Waals surface area (Å²) in [4.78, 5) is 2.18. The second kappa shape index (κ2) is 4.14. The third kappa shape index (κ3) is 2.25. The highest BCUT2D eigenvalue weighted by Gasteiger charge is 2.29. The number of rotatable bonds is 3. The van der Waals surface area contributed by atoms with Crippen LogP contribution in [0.15, 0.2) is 4.42 Å². The van der Waals surface area contributed by atoms with Crippen LogP contribution in [-0.4, -0.2) is 39.4 Å². The number of nitrogens with zero attached hydrogens (tertiary/aromatic N) is 3. The Morgan fingerprint density at radius 1 is 1.31 bits per heavy atom. The summed E-state index contributed by atoms with van der Waals surface area (Å²) >= 11 is 0. The van der Waals surface area contributed by atoms with Crippen molar-refractivity contribution in [3.63, 3.8) is 0 Å². The molecule has 5 nitrogen and oxygen atoms in total. The topological polar surface area (TPSA) is 62.4 Å². The van der Waals surface area contributed by atoms with E-state index in [4.69, 9.17) is 4.42 Å². The van der Waals surface area contributed by atoms with Crippen molar-refractivity contribution in [2.45, 2.75) is 44.2 Å². The summed E-state index contributed by atoms with van der Waals surface area (Å²) in [5.74, 6) is 2.01. The van der Waals surface area contributed by atoms with E-state index in [-0.39, 0.29) is 6.10 Å². The van der Waals surface area contributed by atoms with E-state index < -0.39 is 0 Å². The molecule has 2 aliphatic rings. The van der Waals surface area contributed by atoms with Gasteiger partial charge in [0.05, 0.1) is 12.6 Å². The van der Waals surface area contributed by atoms with Crippen molar-refractivity contribution < 1.29 is 9.52 Å².